The number of hydrogen-bond donors (Lipinski definition) is 2. The Morgan fingerprint density at radius 2 is 2.11 bits per heavy atom. The van der Waals surface area contributed by atoms with Crippen LogP contribution in [0, 0.1) is 0 Å². The number of rotatable bonds is 7. The summed E-state index contributed by atoms with van der Waals surface area (Å²) in [5.74, 6) is 0.945. The van der Waals surface area contributed by atoms with Gasteiger partial charge in [-0.1, -0.05) is 6.92 Å². The maximum Gasteiger partial charge on any atom is 0.328 e. The Morgan fingerprint density at radius 1 is 1.39 bits per heavy atom. The van der Waals surface area contributed by atoms with Crippen molar-refractivity contribution in [3.05, 3.63) is 12.4 Å². The summed E-state index contributed by atoms with van der Waals surface area (Å²) in [6, 6.07) is -0.444. The molecule has 6 nitrogen and oxygen atoms in total. The molecule has 0 amide bonds. The third-order valence-corrected chi connectivity index (χ3v) is 2.20. The van der Waals surface area contributed by atoms with Crippen molar-refractivity contribution in [2.75, 3.05) is 23.8 Å². The molecular weight excluding hydrogens is 232 g/mol. The third-order valence-electron chi connectivity index (χ3n) is 2.20. The van der Waals surface area contributed by atoms with E-state index in [0.717, 1.165) is 13.0 Å². The molecule has 0 radical (unpaired) electrons. The molecule has 1 aromatic heterocycles. The van der Waals surface area contributed by atoms with Crippen molar-refractivity contribution >= 4 is 17.6 Å². The highest BCUT2D eigenvalue weighted by molar-refractivity contribution is 5.78. The van der Waals surface area contributed by atoms with E-state index in [9.17, 15) is 4.79 Å². The molecule has 0 aliphatic heterocycles. The van der Waals surface area contributed by atoms with E-state index in [2.05, 4.69) is 27.5 Å². The zero-order valence-corrected chi connectivity index (χ0v) is 11.1. The van der Waals surface area contributed by atoms with Gasteiger partial charge in [0.1, 0.15) is 17.7 Å². The normalized spacial score (nSPS) is 11.7. The lowest BCUT2D eigenvalue weighted by atomic mass is 10.3. The summed E-state index contributed by atoms with van der Waals surface area (Å²) in [6.45, 7) is 6.79. The second-order valence-electron chi connectivity index (χ2n) is 3.83. The molecule has 100 valence electrons. The molecule has 1 rings (SSSR count). The molecule has 1 aromatic rings. The number of hydrogen-bond acceptors (Lipinski definition) is 6. The van der Waals surface area contributed by atoms with Gasteiger partial charge in [0.15, 0.2) is 0 Å². The van der Waals surface area contributed by atoms with Crippen molar-refractivity contribution in [3.8, 4) is 0 Å². The molecule has 0 aliphatic rings. The first-order valence-electron chi connectivity index (χ1n) is 6.16. The summed E-state index contributed by atoms with van der Waals surface area (Å²) < 4.78 is 4.91. The summed E-state index contributed by atoms with van der Waals surface area (Å²) in [5, 5.41) is 6.09. The van der Waals surface area contributed by atoms with E-state index in [1.165, 1.54) is 0 Å². The molecule has 18 heavy (non-hydrogen) atoms. The summed E-state index contributed by atoms with van der Waals surface area (Å²) in [6.07, 6.45) is 4.24. The van der Waals surface area contributed by atoms with Crippen LogP contribution in [0.2, 0.25) is 0 Å². The first-order chi connectivity index (χ1) is 8.67. The van der Waals surface area contributed by atoms with Crippen molar-refractivity contribution in [2.24, 2.45) is 0 Å². The van der Waals surface area contributed by atoms with Crippen molar-refractivity contribution in [2.45, 2.75) is 33.2 Å². The average Bonchev–Trinajstić information content (AvgIpc) is 2.37. The van der Waals surface area contributed by atoms with E-state index in [1.54, 1.807) is 26.2 Å². The van der Waals surface area contributed by atoms with E-state index < -0.39 is 6.04 Å². The molecule has 0 saturated heterocycles. The van der Waals surface area contributed by atoms with Crippen LogP contribution in [0.5, 0.6) is 0 Å². The molecule has 1 atom stereocenters. The highest BCUT2D eigenvalue weighted by Gasteiger charge is 2.14. The van der Waals surface area contributed by atoms with Gasteiger partial charge in [0.2, 0.25) is 0 Å². The lowest BCUT2D eigenvalue weighted by molar-refractivity contribution is -0.143. The van der Waals surface area contributed by atoms with Gasteiger partial charge in [-0.05, 0) is 20.3 Å². The number of nitrogens with one attached hydrogen (secondary N) is 2. The van der Waals surface area contributed by atoms with Crippen LogP contribution in [-0.4, -0.2) is 35.1 Å². The Kier molecular flexibility index (Phi) is 5.90. The van der Waals surface area contributed by atoms with E-state index in [4.69, 9.17) is 4.74 Å². The summed E-state index contributed by atoms with van der Waals surface area (Å²) in [7, 11) is 0. The van der Waals surface area contributed by atoms with Crippen molar-refractivity contribution < 1.29 is 9.53 Å². The summed E-state index contributed by atoms with van der Waals surface area (Å²) in [5.41, 5.74) is 0. The monoisotopic (exact) mass is 252 g/mol. The van der Waals surface area contributed by atoms with Crippen LogP contribution in [0.4, 0.5) is 11.6 Å². The van der Waals surface area contributed by atoms with Gasteiger partial charge in [-0.15, -0.1) is 0 Å². The van der Waals surface area contributed by atoms with Gasteiger partial charge in [-0.2, -0.15) is 0 Å². The van der Waals surface area contributed by atoms with Crippen LogP contribution in [0.3, 0.4) is 0 Å². The number of carbonyl (C=O) groups is 1. The zero-order valence-electron chi connectivity index (χ0n) is 11.1. The molecule has 6 heteroatoms. The topological polar surface area (TPSA) is 76.1 Å². The highest BCUT2D eigenvalue weighted by Crippen LogP contribution is 2.08. The molecule has 2 N–H and O–H groups in total. The number of ether oxygens (including phenoxy) is 1. The van der Waals surface area contributed by atoms with Gasteiger partial charge >= 0.3 is 5.97 Å². The Morgan fingerprint density at radius 3 is 2.78 bits per heavy atom. The smallest absolute Gasteiger partial charge is 0.328 e. The van der Waals surface area contributed by atoms with Crippen LogP contribution < -0.4 is 10.6 Å². The van der Waals surface area contributed by atoms with Crippen LogP contribution in [0.25, 0.3) is 0 Å². The summed E-state index contributed by atoms with van der Waals surface area (Å²) >= 11 is 0. The van der Waals surface area contributed by atoms with Crippen molar-refractivity contribution in [1.82, 2.24) is 9.97 Å². The second kappa shape index (κ2) is 7.47. The van der Waals surface area contributed by atoms with Gasteiger partial charge in [-0.3, -0.25) is 4.98 Å². The van der Waals surface area contributed by atoms with E-state index >= 15 is 0 Å². The fourth-order valence-corrected chi connectivity index (χ4v) is 1.32. The van der Waals surface area contributed by atoms with E-state index in [1.807, 2.05) is 0 Å². The van der Waals surface area contributed by atoms with Gasteiger partial charge in [0, 0.05) is 6.54 Å². The number of esters is 1. The fourth-order valence-electron chi connectivity index (χ4n) is 1.32. The Bertz CT molecular complexity index is 384. The highest BCUT2D eigenvalue weighted by atomic mass is 16.5. The number of carbonyl (C=O) groups excluding carboxylic acids is 1. The molecular formula is C12H20N4O2. The molecule has 0 aromatic carbocycles. The molecule has 0 spiro atoms. The first-order valence-corrected chi connectivity index (χ1v) is 6.16. The quantitative estimate of drug-likeness (QED) is 0.719. The second-order valence-corrected chi connectivity index (χ2v) is 3.83. The van der Waals surface area contributed by atoms with Crippen molar-refractivity contribution in [3.63, 3.8) is 0 Å². The van der Waals surface area contributed by atoms with E-state index in [0.29, 0.717) is 18.2 Å². The maximum absolute atomic E-state index is 11.5. The van der Waals surface area contributed by atoms with Gasteiger partial charge in [0.05, 0.1) is 19.0 Å². The van der Waals surface area contributed by atoms with Crippen LogP contribution in [0.1, 0.15) is 27.2 Å². The first kappa shape index (κ1) is 14.2. The third kappa shape index (κ3) is 4.57. The lowest BCUT2D eigenvalue weighted by Gasteiger charge is -2.13. The maximum atomic E-state index is 11.5. The molecule has 1 unspecified atom stereocenters. The Balaban J connectivity index is 2.58. The van der Waals surface area contributed by atoms with Gasteiger partial charge < -0.3 is 15.4 Å². The molecule has 0 aliphatic carbocycles. The Labute approximate surface area is 107 Å². The Hall–Kier alpha value is -1.85. The van der Waals surface area contributed by atoms with E-state index in [-0.39, 0.29) is 5.97 Å². The minimum atomic E-state index is -0.444. The van der Waals surface area contributed by atoms with Crippen LogP contribution in [0.15, 0.2) is 12.4 Å². The fraction of sp³-hybridized carbons (Fsp3) is 0.583. The molecule has 0 fully saturated rings. The largest absolute Gasteiger partial charge is 0.464 e. The standard InChI is InChI=1S/C12H20N4O2/c1-4-6-14-10-7-13-8-11(16-10)15-9(3)12(17)18-5-2/h7-9H,4-6H2,1-3H3,(H2,14,15,16). The predicted octanol–water partition coefficient (Wildman–Crippen LogP) is 1.66. The van der Waals surface area contributed by atoms with Crippen molar-refractivity contribution in [1.29, 1.82) is 0 Å². The van der Waals surface area contributed by atoms with Gasteiger partial charge in [0.25, 0.3) is 0 Å². The minimum absolute atomic E-state index is 0.300. The predicted molar refractivity (Wildman–Crippen MR) is 70.5 cm³/mol. The minimum Gasteiger partial charge on any atom is -0.464 e. The number of aromatic nitrogens is 2. The number of nitrogens with zero attached hydrogens (tertiary/aromatic N) is 2. The number of anilines is 2. The van der Waals surface area contributed by atoms with Crippen LogP contribution >= 0.6 is 0 Å². The van der Waals surface area contributed by atoms with Gasteiger partial charge in [-0.25, -0.2) is 9.78 Å². The van der Waals surface area contributed by atoms with Crippen LogP contribution in [-0.2, 0) is 9.53 Å². The lowest BCUT2D eigenvalue weighted by Crippen LogP contribution is -2.28. The molecule has 0 saturated carbocycles. The summed E-state index contributed by atoms with van der Waals surface area (Å²) in [4.78, 5) is 19.8. The molecule has 0 bridgehead atoms. The average molecular weight is 252 g/mol. The SMILES string of the molecule is CCCNc1cncc(NC(C)C(=O)OCC)n1. The molecule has 1 heterocycles. The zero-order chi connectivity index (χ0) is 13.4.